The third-order valence-corrected chi connectivity index (χ3v) is 2.87. The molecule has 4 heteroatoms. The highest BCUT2D eigenvalue weighted by Crippen LogP contribution is 2.07. The molecule has 0 saturated carbocycles. The first kappa shape index (κ1) is 13.6. The SMILES string of the molecule is CCC(C)(O)CNC(=O)Cc1ncccc1C. The predicted octanol–water partition coefficient (Wildman–Crippen LogP) is 1.21. The molecule has 94 valence electrons. The van der Waals surface area contributed by atoms with E-state index < -0.39 is 5.60 Å². The van der Waals surface area contributed by atoms with Crippen LogP contribution in [-0.2, 0) is 11.2 Å². The van der Waals surface area contributed by atoms with E-state index in [1.54, 1.807) is 13.1 Å². The van der Waals surface area contributed by atoms with Crippen molar-refractivity contribution < 1.29 is 9.90 Å². The summed E-state index contributed by atoms with van der Waals surface area (Å²) in [6.07, 6.45) is 2.54. The van der Waals surface area contributed by atoms with Crippen molar-refractivity contribution in [1.82, 2.24) is 10.3 Å². The maximum Gasteiger partial charge on any atom is 0.226 e. The average Bonchev–Trinajstić information content (AvgIpc) is 2.30. The van der Waals surface area contributed by atoms with Gasteiger partial charge in [0.2, 0.25) is 5.91 Å². The van der Waals surface area contributed by atoms with Crippen LogP contribution in [0.1, 0.15) is 31.5 Å². The van der Waals surface area contributed by atoms with Crippen molar-refractivity contribution in [1.29, 1.82) is 0 Å². The number of rotatable bonds is 5. The summed E-state index contributed by atoms with van der Waals surface area (Å²) in [6.45, 7) is 5.79. The Morgan fingerprint density at radius 2 is 2.29 bits per heavy atom. The second kappa shape index (κ2) is 5.77. The fraction of sp³-hybridized carbons (Fsp3) is 0.538. The Bertz CT molecular complexity index is 389. The lowest BCUT2D eigenvalue weighted by molar-refractivity contribution is -0.121. The number of nitrogens with one attached hydrogen (secondary N) is 1. The molecule has 0 spiro atoms. The van der Waals surface area contributed by atoms with Gasteiger partial charge in [-0.1, -0.05) is 13.0 Å². The van der Waals surface area contributed by atoms with Crippen LogP contribution in [0.15, 0.2) is 18.3 Å². The number of carbonyl (C=O) groups excluding carboxylic acids is 1. The summed E-state index contributed by atoms with van der Waals surface area (Å²) in [5.41, 5.74) is 0.945. The molecule has 1 rings (SSSR count). The quantitative estimate of drug-likeness (QED) is 0.807. The van der Waals surface area contributed by atoms with Crippen LogP contribution in [0.5, 0.6) is 0 Å². The number of amides is 1. The first-order valence-corrected chi connectivity index (χ1v) is 5.84. The summed E-state index contributed by atoms with van der Waals surface area (Å²) in [6, 6.07) is 3.77. The van der Waals surface area contributed by atoms with Gasteiger partial charge in [-0.2, -0.15) is 0 Å². The Labute approximate surface area is 102 Å². The minimum absolute atomic E-state index is 0.111. The molecular weight excluding hydrogens is 216 g/mol. The Hall–Kier alpha value is -1.42. The summed E-state index contributed by atoms with van der Waals surface area (Å²) >= 11 is 0. The Morgan fingerprint density at radius 3 is 2.88 bits per heavy atom. The topological polar surface area (TPSA) is 62.2 Å². The van der Waals surface area contributed by atoms with Gasteiger partial charge < -0.3 is 10.4 Å². The molecule has 0 aliphatic carbocycles. The lowest BCUT2D eigenvalue weighted by atomic mass is 10.0. The summed E-state index contributed by atoms with van der Waals surface area (Å²) in [5, 5.41) is 12.5. The highest BCUT2D eigenvalue weighted by molar-refractivity contribution is 5.78. The zero-order valence-corrected chi connectivity index (χ0v) is 10.7. The van der Waals surface area contributed by atoms with Crippen LogP contribution in [-0.4, -0.2) is 28.1 Å². The Balaban J connectivity index is 2.48. The van der Waals surface area contributed by atoms with E-state index in [4.69, 9.17) is 0 Å². The van der Waals surface area contributed by atoms with E-state index >= 15 is 0 Å². The molecule has 1 aromatic heterocycles. The zero-order chi connectivity index (χ0) is 12.9. The Kier molecular flexibility index (Phi) is 4.63. The van der Waals surface area contributed by atoms with Crippen LogP contribution in [0.2, 0.25) is 0 Å². The third kappa shape index (κ3) is 4.53. The van der Waals surface area contributed by atoms with Gasteiger partial charge in [0, 0.05) is 12.7 Å². The van der Waals surface area contributed by atoms with Gasteiger partial charge in [-0.3, -0.25) is 9.78 Å². The molecule has 2 N–H and O–H groups in total. The molecule has 0 radical (unpaired) electrons. The van der Waals surface area contributed by atoms with E-state index in [-0.39, 0.29) is 18.9 Å². The molecule has 0 aromatic carbocycles. The number of aromatic nitrogens is 1. The number of aryl methyl sites for hydroxylation is 1. The van der Waals surface area contributed by atoms with Gasteiger partial charge in [-0.25, -0.2) is 0 Å². The van der Waals surface area contributed by atoms with E-state index in [1.165, 1.54) is 0 Å². The van der Waals surface area contributed by atoms with Crippen LogP contribution in [0.25, 0.3) is 0 Å². The average molecular weight is 236 g/mol. The van der Waals surface area contributed by atoms with Crippen molar-refractivity contribution in [2.45, 2.75) is 39.2 Å². The minimum Gasteiger partial charge on any atom is -0.388 e. The highest BCUT2D eigenvalue weighted by Gasteiger charge is 2.18. The lowest BCUT2D eigenvalue weighted by Crippen LogP contribution is -2.40. The van der Waals surface area contributed by atoms with Crippen LogP contribution >= 0.6 is 0 Å². The number of pyridine rings is 1. The molecule has 1 aromatic rings. The van der Waals surface area contributed by atoms with E-state index in [9.17, 15) is 9.90 Å². The van der Waals surface area contributed by atoms with Crippen molar-refractivity contribution in [2.75, 3.05) is 6.54 Å². The van der Waals surface area contributed by atoms with E-state index in [2.05, 4.69) is 10.3 Å². The first-order valence-electron chi connectivity index (χ1n) is 5.84. The van der Waals surface area contributed by atoms with Crippen LogP contribution in [0.3, 0.4) is 0 Å². The third-order valence-electron chi connectivity index (χ3n) is 2.87. The van der Waals surface area contributed by atoms with E-state index in [0.717, 1.165) is 11.3 Å². The van der Waals surface area contributed by atoms with E-state index in [1.807, 2.05) is 26.0 Å². The molecule has 0 fully saturated rings. The Morgan fingerprint density at radius 1 is 1.59 bits per heavy atom. The summed E-state index contributed by atoms with van der Waals surface area (Å²) in [5.74, 6) is -0.111. The van der Waals surface area contributed by atoms with Gasteiger partial charge in [0.25, 0.3) is 0 Å². The number of hydrogen-bond donors (Lipinski definition) is 2. The largest absolute Gasteiger partial charge is 0.388 e. The molecule has 4 nitrogen and oxygen atoms in total. The summed E-state index contributed by atoms with van der Waals surface area (Å²) < 4.78 is 0. The number of carbonyl (C=O) groups is 1. The molecule has 0 aliphatic rings. The molecule has 0 aliphatic heterocycles. The maximum absolute atomic E-state index is 11.7. The number of hydrogen-bond acceptors (Lipinski definition) is 3. The molecule has 17 heavy (non-hydrogen) atoms. The lowest BCUT2D eigenvalue weighted by Gasteiger charge is -2.21. The van der Waals surface area contributed by atoms with Crippen molar-refractivity contribution >= 4 is 5.91 Å². The van der Waals surface area contributed by atoms with Gasteiger partial charge >= 0.3 is 0 Å². The number of aliphatic hydroxyl groups is 1. The fourth-order valence-corrected chi connectivity index (χ4v) is 1.33. The van der Waals surface area contributed by atoms with Gasteiger partial charge in [-0.15, -0.1) is 0 Å². The molecule has 0 bridgehead atoms. The minimum atomic E-state index is -0.838. The van der Waals surface area contributed by atoms with Crippen molar-refractivity contribution in [2.24, 2.45) is 0 Å². The van der Waals surface area contributed by atoms with Crippen molar-refractivity contribution in [3.05, 3.63) is 29.6 Å². The van der Waals surface area contributed by atoms with Gasteiger partial charge in [0.05, 0.1) is 17.7 Å². The molecule has 1 unspecified atom stereocenters. The zero-order valence-electron chi connectivity index (χ0n) is 10.7. The van der Waals surface area contributed by atoms with Crippen LogP contribution < -0.4 is 5.32 Å². The van der Waals surface area contributed by atoms with Gasteiger partial charge in [0.15, 0.2) is 0 Å². The second-order valence-corrected chi connectivity index (χ2v) is 4.57. The molecule has 0 saturated heterocycles. The van der Waals surface area contributed by atoms with Crippen LogP contribution in [0.4, 0.5) is 0 Å². The number of nitrogens with zero attached hydrogens (tertiary/aromatic N) is 1. The standard InChI is InChI=1S/C13H20N2O2/c1-4-13(3,17)9-15-12(16)8-11-10(2)6-5-7-14-11/h5-7,17H,4,8-9H2,1-3H3,(H,15,16). The van der Waals surface area contributed by atoms with Gasteiger partial charge in [0.1, 0.15) is 0 Å². The van der Waals surface area contributed by atoms with Crippen molar-refractivity contribution in [3.8, 4) is 0 Å². The molecule has 1 heterocycles. The fourth-order valence-electron chi connectivity index (χ4n) is 1.33. The maximum atomic E-state index is 11.7. The predicted molar refractivity (Wildman–Crippen MR) is 66.6 cm³/mol. The first-order chi connectivity index (χ1) is 7.94. The molecule has 1 amide bonds. The smallest absolute Gasteiger partial charge is 0.226 e. The van der Waals surface area contributed by atoms with Crippen molar-refractivity contribution in [3.63, 3.8) is 0 Å². The van der Waals surface area contributed by atoms with Crippen LogP contribution in [0, 0.1) is 6.92 Å². The second-order valence-electron chi connectivity index (χ2n) is 4.57. The molecular formula is C13H20N2O2. The highest BCUT2D eigenvalue weighted by atomic mass is 16.3. The van der Waals surface area contributed by atoms with Gasteiger partial charge in [-0.05, 0) is 31.9 Å². The molecule has 1 atom stereocenters. The summed E-state index contributed by atoms with van der Waals surface area (Å²) in [4.78, 5) is 15.8. The van der Waals surface area contributed by atoms with E-state index in [0.29, 0.717) is 6.42 Å². The summed E-state index contributed by atoms with van der Waals surface area (Å²) in [7, 11) is 0. The normalized spacial score (nSPS) is 14.1. The monoisotopic (exact) mass is 236 g/mol.